The van der Waals surface area contributed by atoms with Gasteiger partial charge in [0.15, 0.2) is 0 Å². The average molecular weight is 192 g/mol. The van der Waals surface area contributed by atoms with E-state index in [1.165, 1.54) is 5.56 Å². The summed E-state index contributed by atoms with van der Waals surface area (Å²) < 4.78 is 5.46. The fourth-order valence-corrected chi connectivity index (χ4v) is 1.03. The normalized spacial score (nSPS) is 9.79. The van der Waals surface area contributed by atoms with Crippen LogP contribution in [0.3, 0.4) is 0 Å². The first-order valence-corrected chi connectivity index (χ1v) is 4.62. The van der Waals surface area contributed by atoms with Crippen LogP contribution in [-0.4, -0.2) is 31.9 Å². The summed E-state index contributed by atoms with van der Waals surface area (Å²) >= 11 is 0. The Bertz CT molecular complexity index is 261. The zero-order valence-corrected chi connectivity index (χ0v) is 8.52. The molecular weight excluding hydrogens is 176 g/mol. The lowest BCUT2D eigenvalue weighted by Crippen LogP contribution is -2.16. The molecule has 0 bridgehead atoms. The van der Waals surface area contributed by atoms with Crippen molar-refractivity contribution in [3.05, 3.63) is 35.9 Å². The van der Waals surface area contributed by atoms with Gasteiger partial charge >= 0.3 is 0 Å². The van der Waals surface area contributed by atoms with Gasteiger partial charge in [-0.15, -0.1) is 0 Å². The van der Waals surface area contributed by atoms with E-state index in [-0.39, 0.29) is 0 Å². The summed E-state index contributed by atoms with van der Waals surface area (Å²) in [6, 6.07) is 10.1. The lowest BCUT2D eigenvalue weighted by Gasteiger charge is -2.11. The number of nitrogens with zero attached hydrogens (tertiary/aromatic N) is 2. The van der Waals surface area contributed by atoms with E-state index in [4.69, 9.17) is 4.74 Å². The van der Waals surface area contributed by atoms with Crippen molar-refractivity contribution in [1.29, 1.82) is 0 Å². The van der Waals surface area contributed by atoms with Crippen molar-refractivity contribution >= 4 is 6.72 Å². The third-order valence-electron chi connectivity index (χ3n) is 1.91. The molecule has 0 radical (unpaired) electrons. The zero-order valence-electron chi connectivity index (χ0n) is 8.52. The lowest BCUT2D eigenvalue weighted by atomic mass is 10.2. The Morgan fingerprint density at radius 1 is 1.36 bits per heavy atom. The van der Waals surface area contributed by atoms with Gasteiger partial charge in [-0.3, -0.25) is 5.01 Å². The third-order valence-corrected chi connectivity index (χ3v) is 1.91. The monoisotopic (exact) mass is 192 g/mol. The Labute approximate surface area is 85.0 Å². The van der Waals surface area contributed by atoms with Gasteiger partial charge in [-0.2, -0.15) is 5.10 Å². The number of benzene rings is 1. The second kappa shape index (κ2) is 6.16. The van der Waals surface area contributed by atoms with E-state index >= 15 is 0 Å². The van der Waals surface area contributed by atoms with Crippen molar-refractivity contribution < 1.29 is 4.74 Å². The van der Waals surface area contributed by atoms with Crippen LogP contribution in [0.4, 0.5) is 0 Å². The van der Waals surface area contributed by atoms with E-state index in [9.17, 15) is 0 Å². The molecule has 76 valence electrons. The van der Waals surface area contributed by atoms with E-state index < -0.39 is 0 Å². The molecule has 0 aliphatic carbocycles. The number of hydrogen-bond acceptors (Lipinski definition) is 3. The molecule has 1 rings (SSSR count). The maximum Gasteiger partial charge on any atom is 0.0717 e. The van der Waals surface area contributed by atoms with Crippen LogP contribution in [0.2, 0.25) is 0 Å². The molecular formula is C11H16N2O. The number of hydrogen-bond donors (Lipinski definition) is 0. The van der Waals surface area contributed by atoms with E-state index in [0.717, 1.165) is 6.54 Å². The number of likely N-dealkylation sites (N-methyl/N-ethyl adjacent to an activating group) is 1. The molecule has 0 aromatic heterocycles. The van der Waals surface area contributed by atoms with Crippen LogP contribution in [0.5, 0.6) is 0 Å². The molecule has 3 heteroatoms. The largest absolute Gasteiger partial charge is 0.375 e. The smallest absolute Gasteiger partial charge is 0.0717 e. The quantitative estimate of drug-likeness (QED) is 0.389. The molecule has 0 unspecified atom stereocenters. The standard InChI is InChI=1S/C11H16N2O/c1-12-13(2)8-9-14-10-11-6-4-3-5-7-11/h3-7H,1,8-10H2,2H3. The average Bonchev–Trinajstić information content (AvgIpc) is 2.25. The highest BCUT2D eigenvalue weighted by Crippen LogP contribution is 2.00. The Kier molecular flexibility index (Phi) is 4.72. The van der Waals surface area contributed by atoms with Gasteiger partial charge in [-0.25, -0.2) is 0 Å². The van der Waals surface area contributed by atoms with E-state index in [0.29, 0.717) is 13.2 Å². The summed E-state index contributed by atoms with van der Waals surface area (Å²) in [5.74, 6) is 0. The Morgan fingerprint density at radius 3 is 2.71 bits per heavy atom. The molecule has 0 atom stereocenters. The van der Waals surface area contributed by atoms with E-state index in [1.807, 2.05) is 25.2 Å². The zero-order chi connectivity index (χ0) is 10.2. The Hall–Kier alpha value is -1.35. The van der Waals surface area contributed by atoms with Gasteiger partial charge in [-0.1, -0.05) is 30.3 Å². The van der Waals surface area contributed by atoms with Gasteiger partial charge in [0.2, 0.25) is 0 Å². The van der Waals surface area contributed by atoms with E-state index in [2.05, 4.69) is 24.0 Å². The molecule has 1 aromatic rings. The Balaban J connectivity index is 2.13. The van der Waals surface area contributed by atoms with Crippen molar-refractivity contribution in [2.45, 2.75) is 6.61 Å². The number of rotatable bonds is 6. The minimum Gasteiger partial charge on any atom is -0.375 e. The molecule has 0 N–H and O–H groups in total. The second-order valence-electron chi connectivity index (χ2n) is 3.06. The van der Waals surface area contributed by atoms with Crippen molar-refractivity contribution in [2.24, 2.45) is 5.10 Å². The number of hydrazone groups is 1. The van der Waals surface area contributed by atoms with Crippen molar-refractivity contribution in [3.63, 3.8) is 0 Å². The van der Waals surface area contributed by atoms with Gasteiger partial charge in [0.1, 0.15) is 0 Å². The molecule has 0 aliphatic rings. The van der Waals surface area contributed by atoms with Crippen molar-refractivity contribution in [2.75, 3.05) is 20.2 Å². The van der Waals surface area contributed by atoms with Crippen LogP contribution in [0.1, 0.15) is 5.56 Å². The highest BCUT2D eigenvalue weighted by molar-refractivity contribution is 5.22. The summed E-state index contributed by atoms with van der Waals surface area (Å²) in [5.41, 5.74) is 1.20. The van der Waals surface area contributed by atoms with Crippen LogP contribution in [0.15, 0.2) is 35.4 Å². The maximum atomic E-state index is 5.46. The molecule has 14 heavy (non-hydrogen) atoms. The van der Waals surface area contributed by atoms with Gasteiger partial charge in [0.25, 0.3) is 0 Å². The van der Waals surface area contributed by atoms with Crippen LogP contribution >= 0.6 is 0 Å². The number of ether oxygens (including phenoxy) is 1. The third kappa shape index (κ3) is 4.05. The molecule has 0 heterocycles. The molecule has 0 saturated heterocycles. The summed E-state index contributed by atoms with van der Waals surface area (Å²) in [4.78, 5) is 0. The predicted octanol–water partition coefficient (Wildman–Crippen LogP) is 1.75. The molecule has 0 fully saturated rings. The first-order valence-electron chi connectivity index (χ1n) is 4.62. The fourth-order valence-electron chi connectivity index (χ4n) is 1.03. The molecule has 3 nitrogen and oxygen atoms in total. The van der Waals surface area contributed by atoms with Crippen LogP contribution in [-0.2, 0) is 11.3 Å². The first kappa shape index (κ1) is 10.7. The van der Waals surface area contributed by atoms with Crippen LogP contribution in [0, 0.1) is 0 Å². The summed E-state index contributed by atoms with van der Waals surface area (Å²) in [6.07, 6.45) is 0. The minimum absolute atomic E-state index is 0.659. The highest BCUT2D eigenvalue weighted by Gasteiger charge is 1.93. The summed E-state index contributed by atoms with van der Waals surface area (Å²) in [7, 11) is 1.87. The second-order valence-corrected chi connectivity index (χ2v) is 3.06. The lowest BCUT2D eigenvalue weighted by molar-refractivity contribution is 0.101. The SMILES string of the molecule is C=NN(C)CCOCc1ccccc1. The summed E-state index contributed by atoms with van der Waals surface area (Å²) in [5, 5.41) is 5.49. The van der Waals surface area contributed by atoms with Gasteiger partial charge < -0.3 is 4.74 Å². The van der Waals surface area contributed by atoms with Crippen molar-refractivity contribution in [3.8, 4) is 0 Å². The van der Waals surface area contributed by atoms with Gasteiger partial charge in [0, 0.05) is 13.8 Å². The molecule has 0 spiro atoms. The highest BCUT2D eigenvalue weighted by atomic mass is 16.5. The van der Waals surface area contributed by atoms with Crippen LogP contribution in [0.25, 0.3) is 0 Å². The van der Waals surface area contributed by atoms with Crippen LogP contribution < -0.4 is 0 Å². The van der Waals surface area contributed by atoms with E-state index in [1.54, 1.807) is 5.01 Å². The van der Waals surface area contributed by atoms with Gasteiger partial charge in [0.05, 0.1) is 19.8 Å². The van der Waals surface area contributed by atoms with Crippen molar-refractivity contribution in [1.82, 2.24) is 5.01 Å². The summed E-state index contributed by atoms with van der Waals surface area (Å²) in [6.45, 7) is 5.52. The first-order chi connectivity index (χ1) is 6.83. The maximum absolute atomic E-state index is 5.46. The Morgan fingerprint density at radius 2 is 2.07 bits per heavy atom. The molecule has 0 amide bonds. The molecule has 1 aromatic carbocycles. The van der Waals surface area contributed by atoms with Gasteiger partial charge in [-0.05, 0) is 5.56 Å². The topological polar surface area (TPSA) is 24.8 Å². The fraction of sp³-hybridized carbons (Fsp3) is 0.364. The predicted molar refractivity (Wildman–Crippen MR) is 58.3 cm³/mol. The molecule has 0 aliphatic heterocycles. The minimum atomic E-state index is 0.659. The molecule has 0 saturated carbocycles.